The second kappa shape index (κ2) is 6.01. The number of hydrogen-bond acceptors (Lipinski definition) is 2. The SMILES string of the molecule is Cc1cccc(C)c1C(=O)NCC1CCCNC1. The van der Waals surface area contributed by atoms with Crippen LogP contribution in [0.1, 0.15) is 34.3 Å². The van der Waals surface area contributed by atoms with E-state index >= 15 is 0 Å². The first kappa shape index (κ1) is 13.1. The molecule has 0 aromatic heterocycles. The van der Waals surface area contributed by atoms with Crippen LogP contribution in [0.2, 0.25) is 0 Å². The van der Waals surface area contributed by atoms with Crippen LogP contribution in [0.25, 0.3) is 0 Å². The van der Waals surface area contributed by atoms with Gasteiger partial charge in [-0.25, -0.2) is 0 Å². The Balaban J connectivity index is 1.95. The van der Waals surface area contributed by atoms with Gasteiger partial charge in [-0.05, 0) is 56.8 Å². The third-order valence-electron chi connectivity index (χ3n) is 3.66. The number of carbonyl (C=O) groups is 1. The lowest BCUT2D eigenvalue weighted by molar-refractivity contribution is 0.0943. The molecule has 1 aromatic carbocycles. The Kier molecular flexibility index (Phi) is 4.37. The van der Waals surface area contributed by atoms with E-state index in [4.69, 9.17) is 0 Å². The molecular formula is C15H22N2O. The van der Waals surface area contributed by atoms with Crippen LogP contribution < -0.4 is 10.6 Å². The molecule has 0 saturated carbocycles. The highest BCUT2D eigenvalue weighted by atomic mass is 16.1. The van der Waals surface area contributed by atoms with Crippen molar-refractivity contribution >= 4 is 5.91 Å². The Morgan fingerprint density at radius 3 is 2.72 bits per heavy atom. The third-order valence-corrected chi connectivity index (χ3v) is 3.66. The lowest BCUT2D eigenvalue weighted by Gasteiger charge is -2.23. The van der Waals surface area contributed by atoms with E-state index in [0.717, 1.165) is 36.3 Å². The Bertz CT molecular complexity index is 402. The van der Waals surface area contributed by atoms with Crippen LogP contribution in [0.3, 0.4) is 0 Å². The van der Waals surface area contributed by atoms with E-state index in [1.54, 1.807) is 0 Å². The average Bonchev–Trinajstić information content (AvgIpc) is 2.37. The second-order valence-electron chi connectivity index (χ2n) is 5.19. The standard InChI is InChI=1S/C15H22N2O/c1-11-5-3-6-12(2)14(11)15(18)17-10-13-7-4-8-16-9-13/h3,5-6,13,16H,4,7-10H2,1-2H3,(H,17,18). The van der Waals surface area contributed by atoms with Gasteiger partial charge in [-0.1, -0.05) is 18.2 Å². The van der Waals surface area contributed by atoms with E-state index in [-0.39, 0.29) is 5.91 Å². The molecule has 0 radical (unpaired) electrons. The first-order valence-electron chi connectivity index (χ1n) is 6.73. The van der Waals surface area contributed by atoms with Crippen molar-refractivity contribution in [1.82, 2.24) is 10.6 Å². The number of nitrogens with one attached hydrogen (secondary N) is 2. The second-order valence-corrected chi connectivity index (χ2v) is 5.19. The Labute approximate surface area is 109 Å². The summed E-state index contributed by atoms with van der Waals surface area (Å²) in [7, 11) is 0. The first-order chi connectivity index (χ1) is 8.68. The molecule has 1 heterocycles. The van der Waals surface area contributed by atoms with Gasteiger partial charge in [0.2, 0.25) is 0 Å². The van der Waals surface area contributed by atoms with E-state index < -0.39 is 0 Å². The molecule has 2 N–H and O–H groups in total. The minimum Gasteiger partial charge on any atom is -0.352 e. The van der Waals surface area contributed by atoms with E-state index in [1.807, 2.05) is 32.0 Å². The Morgan fingerprint density at radius 1 is 1.39 bits per heavy atom. The van der Waals surface area contributed by atoms with Crippen LogP contribution in [0.15, 0.2) is 18.2 Å². The highest BCUT2D eigenvalue weighted by Gasteiger charge is 2.16. The molecule has 1 atom stereocenters. The van der Waals surface area contributed by atoms with Gasteiger partial charge >= 0.3 is 0 Å². The van der Waals surface area contributed by atoms with Crippen LogP contribution in [0.4, 0.5) is 0 Å². The van der Waals surface area contributed by atoms with Gasteiger partial charge in [-0.3, -0.25) is 4.79 Å². The summed E-state index contributed by atoms with van der Waals surface area (Å²) >= 11 is 0. The smallest absolute Gasteiger partial charge is 0.251 e. The maximum absolute atomic E-state index is 12.2. The van der Waals surface area contributed by atoms with Gasteiger partial charge in [0.15, 0.2) is 0 Å². The first-order valence-corrected chi connectivity index (χ1v) is 6.73. The van der Waals surface area contributed by atoms with Gasteiger partial charge in [-0.2, -0.15) is 0 Å². The molecule has 1 aliphatic rings. The minimum absolute atomic E-state index is 0.0659. The van der Waals surface area contributed by atoms with Crippen molar-refractivity contribution in [1.29, 1.82) is 0 Å². The number of hydrogen-bond donors (Lipinski definition) is 2. The van der Waals surface area contributed by atoms with Crippen LogP contribution in [-0.4, -0.2) is 25.5 Å². The van der Waals surface area contributed by atoms with Gasteiger partial charge in [0.25, 0.3) is 5.91 Å². The maximum Gasteiger partial charge on any atom is 0.251 e. The molecule has 98 valence electrons. The van der Waals surface area contributed by atoms with Crippen molar-refractivity contribution in [3.8, 4) is 0 Å². The van der Waals surface area contributed by atoms with Gasteiger partial charge < -0.3 is 10.6 Å². The highest BCUT2D eigenvalue weighted by Crippen LogP contribution is 2.14. The number of rotatable bonds is 3. The number of piperidine rings is 1. The summed E-state index contributed by atoms with van der Waals surface area (Å²) in [4.78, 5) is 12.2. The summed E-state index contributed by atoms with van der Waals surface area (Å²) in [5.41, 5.74) is 2.94. The summed E-state index contributed by atoms with van der Waals surface area (Å²) in [5.74, 6) is 0.642. The number of aryl methyl sites for hydroxylation is 2. The summed E-state index contributed by atoms with van der Waals surface area (Å²) in [6, 6.07) is 5.97. The Hall–Kier alpha value is -1.35. The quantitative estimate of drug-likeness (QED) is 0.857. The predicted octanol–water partition coefficient (Wildman–Crippen LogP) is 2.03. The van der Waals surface area contributed by atoms with Crippen molar-refractivity contribution in [2.24, 2.45) is 5.92 Å². The number of amides is 1. The monoisotopic (exact) mass is 246 g/mol. The predicted molar refractivity (Wildman–Crippen MR) is 73.8 cm³/mol. The van der Waals surface area contributed by atoms with Crippen LogP contribution >= 0.6 is 0 Å². The van der Waals surface area contributed by atoms with Gasteiger partial charge in [0.1, 0.15) is 0 Å². The molecule has 1 fully saturated rings. The van der Waals surface area contributed by atoms with Crippen LogP contribution in [0, 0.1) is 19.8 Å². The summed E-state index contributed by atoms with van der Waals surface area (Å²) in [5, 5.41) is 6.44. The van der Waals surface area contributed by atoms with E-state index in [2.05, 4.69) is 10.6 Å². The van der Waals surface area contributed by atoms with Gasteiger partial charge in [0.05, 0.1) is 0 Å². The van der Waals surface area contributed by atoms with Crippen molar-refractivity contribution in [2.45, 2.75) is 26.7 Å². The molecule has 0 bridgehead atoms. The van der Waals surface area contributed by atoms with E-state index in [0.29, 0.717) is 5.92 Å². The molecule has 1 aromatic rings. The molecule has 3 heteroatoms. The molecule has 2 rings (SSSR count). The average molecular weight is 246 g/mol. The molecular weight excluding hydrogens is 224 g/mol. The van der Waals surface area contributed by atoms with Crippen molar-refractivity contribution in [3.63, 3.8) is 0 Å². The highest BCUT2D eigenvalue weighted by molar-refractivity contribution is 5.97. The number of benzene rings is 1. The molecule has 1 aliphatic heterocycles. The molecule has 0 spiro atoms. The fourth-order valence-electron chi connectivity index (χ4n) is 2.60. The fraction of sp³-hybridized carbons (Fsp3) is 0.533. The van der Waals surface area contributed by atoms with Crippen molar-refractivity contribution in [2.75, 3.05) is 19.6 Å². The molecule has 18 heavy (non-hydrogen) atoms. The van der Waals surface area contributed by atoms with Gasteiger partial charge in [-0.15, -0.1) is 0 Å². The lowest BCUT2D eigenvalue weighted by Crippen LogP contribution is -2.38. The molecule has 1 unspecified atom stereocenters. The normalized spacial score (nSPS) is 19.6. The van der Waals surface area contributed by atoms with Crippen LogP contribution in [-0.2, 0) is 0 Å². The largest absolute Gasteiger partial charge is 0.352 e. The summed E-state index contributed by atoms with van der Waals surface area (Å²) in [6.45, 7) is 6.89. The summed E-state index contributed by atoms with van der Waals surface area (Å²) < 4.78 is 0. The summed E-state index contributed by atoms with van der Waals surface area (Å²) in [6.07, 6.45) is 2.42. The van der Waals surface area contributed by atoms with Crippen molar-refractivity contribution in [3.05, 3.63) is 34.9 Å². The zero-order valence-corrected chi connectivity index (χ0v) is 11.3. The van der Waals surface area contributed by atoms with Crippen LogP contribution in [0.5, 0.6) is 0 Å². The number of carbonyl (C=O) groups excluding carboxylic acids is 1. The molecule has 1 amide bonds. The zero-order valence-electron chi connectivity index (χ0n) is 11.3. The third kappa shape index (κ3) is 3.10. The van der Waals surface area contributed by atoms with Crippen molar-refractivity contribution < 1.29 is 4.79 Å². The minimum atomic E-state index is 0.0659. The van der Waals surface area contributed by atoms with E-state index in [1.165, 1.54) is 12.8 Å². The lowest BCUT2D eigenvalue weighted by atomic mass is 9.98. The molecule has 3 nitrogen and oxygen atoms in total. The van der Waals surface area contributed by atoms with Gasteiger partial charge in [0, 0.05) is 12.1 Å². The van der Waals surface area contributed by atoms with E-state index in [9.17, 15) is 4.79 Å². The molecule has 1 saturated heterocycles. The Morgan fingerprint density at radius 2 is 2.11 bits per heavy atom. The fourth-order valence-corrected chi connectivity index (χ4v) is 2.60. The topological polar surface area (TPSA) is 41.1 Å². The molecule has 0 aliphatic carbocycles. The maximum atomic E-state index is 12.2. The zero-order chi connectivity index (χ0) is 13.0.